The number of hydrogen-bond donors (Lipinski definition) is 2. The van der Waals surface area contributed by atoms with Gasteiger partial charge in [0.1, 0.15) is 0 Å². The van der Waals surface area contributed by atoms with Crippen LogP contribution in [0.5, 0.6) is 0 Å². The molecule has 0 aliphatic heterocycles. The molecule has 1 heterocycles. The molecule has 2 rings (SSSR count). The summed E-state index contributed by atoms with van der Waals surface area (Å²) in [5.74, 6) is -0.871. The van der Waals surface area contributed by atoms with E-state index in [-0.39, 0.29) is 25.3 Å². The van der Waals surface area contributed by atoms with Gasteiger partial charge in [-0.3, -0.25) is 4.79 Å². The summed E-state index contributed by atoms with van der Waals surface area (Å²) in [7, 11) is 0. The summed E-state index contributed by atoms with van der Waals surface area (Å²) in [5, 5.41) is 14.7. The largest absolute Gasteiger partial charge is 0.434 e. The number of halogens is 3. The van der Waals surface area contributed by atoms with Crippen LogP contribution in [0.15, 0.2) is 30.5 Å². The smallest absolute Gasteiger partial charge is 0.396 e. The molecule has 2 aromatic rings. The van der Waals surface area contributed by atoms with E-state index in [1.54, 1.807) is 12.1 Å². The maximum Gasteiger partial charge on any atom is 0.434 e. The van der Waals surface area contributed by atoms with Gasteiger partial charge < -0.3 is 10.4 Å². The lowest BCUT2D eigenvalue weighted by Crippen LogP contribution is -2.27. The molecule has 5 nitrogen and oxygen atoms in total. The van der Waals surface area contributed by atoms with Gasteiger partial charge >= 0.3 is 6.18 Å². The highest BCUT2D eigenvalue weighted by Gasteiger charge is 2.40. The predicted octanol–water partition coefficient (Wildman–Crippen LogP) is 2.31. The Morgan fingerprint density at radius 2 is 1.96 bits per heavy atom. The van der Waals surface area contributed by atoms with Gasteiger partial charge in [0, 0.05) is 13.2 Å². The summed E-state index contributed by atoms with van der Waals surface area (Å²) in [5.41, 5.74) is -0.548. The van der Waals surface area contributed by atoms with Crippen LogP contribution < -0.4 is 5.32 Å². The van der Waals surface area contributed by atoms with E-state index in [0.29, 0.717) is 4.68 Å². The SMILES string of the molecule is Cc1ccc(-n2ncc(C(=O)NCCCO)c2C(F)(F)F)cc1. The van der Waals surface area contributed by atoms with Crippen molar-refractivity contribution >= 4 is 5.91 Å². The average Bonchev–Trinajstić information content (AvgIpc) is 2.93. The predicted molar refractivity (Wildman–Crippen MR) is 77.3 cm³/mol. The van der Waals surface area contributed by atoms with Gasteiger partial charge in [-0.05, 0) is 25.5 Å². The fourth-order valence-electron chi connectivity index (χ4n) is 2.05. The van der Waals surface area contributed by atoms with Crippen molar-refractivity contribution in [2.45, 2.75) is 19.5 Å². The van der Waals surface area contributed by atoms with Crippen LogP contribution in [0.3, 0.4) is 0 Å². The second-order valence-electron chi connectivity index (χ2n) is 4.99. The molecule has 0 bridgehead atoms. The van der Waals surface area contributed by atoms with Crippen LogP contribution in [0.2, 0.25) is 0 Å². The normalized spacial score (nSPS) is 11.5. The van der Waals surface area contributed by atoms with E-state index < -0.39 is 23.3 Å². The number of alkyl halides is 3. The number of carbonyl (C=O) groups excluding carboxylic acids is 1. The number of nitrogens with zero attached hydrogens (tertiary/aromatic N) is 2. The Hall–Kier alpha value is -2.35. The number of aliphatic hydroxyl groups excluding tert-OH is 1. The minimum atomic E-state index is -4.73. The number of aliphatic hydroxyl groups is 1. The van der Waals surface area contributed by atoms with Gasteiger partial charge in [-0.25, -0.2) is 4.68 Å². The van der Waals surface area contributed by atoms with Crippen LogP contribution in [0, 0.1) is 6.92 Å². The van der Waals surface area contributed by atoms with Crippen molar-refractivity contribution in [2.75, 3.05) is 13.2 Å². The Kier molecular flexibility index (Phi) is 5.05. The summed E-state index contributed by atoms with van der Waals surface area (Å²) >= 11 is 0. The zero-order valence-corrected chi connectivity index (χ0v) is 12.4. The molecule has 23 heavy (non-hydrogen) atoms. The van der Waals surface area contributed by atoms with Crippen molar-refractivity contribution in [2.24, 2.45) is 0 Å². The van der Waals surface area contributed by atoms with Crippen molar-refractivity contribution in [3.8, 4) is 5.69 Å². The molecule has 0 spiro atoms. The van der Waals surface area contributed by atoms with E-state index in [1.807, 2.05) is 6.92 Å². The maximum atomic E-state index is 13.4. The zero-order chi connectivity index (χ0) is 17.0. The fraction of sp³-hybridized carbons (Fsp3) is 0.333. The quantitative estimate of drug-likeness (QED) is 0.828. The van der Waals surface area contributed by atoms with Crippen molar-refractivity contribution < 1.29 is 23.1 Å². The Balaban J connectivity index is 2.41. The molecule has 0 fully saturated rings. The minimum absolute atomic E-state index is 0.0857. The van der Waals surface area contributed by atoms with Crippen molar-refractivity contribution in [3.05, 3.63) is 47.3 Å². The molecule has 1 aromatic carbocycles. The Labute approximate surface area is 130 Å². The van der Waals surface area contributed by atoms with E-state index in [1.165, 1.54) is 12.1 Å². The second-order valence-corrected chi connectivity index (χ2v) is 4.99. The number of amides is 1. The molecule has 0 saturated heterocycles. The second kappa shape index (κ2) is 6.82. The van der Waals surface area contributed by atoms with Gasteiger partial charge in [0.05, 0.1) is 17.4 Å². The van der Waals surface area contributed by atoms with Gasteiger partial charge in [0.25, 0.3) is 5.91 Å². The van der Waals surface area contributed by atoms with Gasteiger partial charge in [-0.2, -0.15) is 18.3 Å². The molecule has 1 aromatic heterocycles. The topological polar surface area (TPSA) is 67.2 Å². The molecule has 0 aliphatic rings. The lowest BCUT2D eigenvalue weighted by molar-refractivity contribution is -0.143. The van der Waals surface area contributed by atoms with E-state index in [4.69, 9.17) is 5.11 Å². The Bertz CT molecular complexity index is 678. The van der Waals surface area contributed by atoms with Gasteiger partial charge in [-0.1, -0.05) is 17.7 Å². The molecule has 8 heteroatoms. The Morgan fingerprint density at radius 3 is 2.52 bits per heavy atom. The first-order valence-corrected chi connectivity index (χ1v) is 6.96. The highest BCUT2D eigenvalue weighted by molar-refractivity contribution is 5.95. The summed E-state index contributed by atoms with van der Waals surface area (Å²) in [6.07, 6.45) is -3.57. The molecule has 124 valence electrons. The molecular formula is C15H16F3N3O2. The zero-order valence-electron chi connectivity index (χ0n) is 12.4. The molecule has 0 saturated carbocycles. The maximum absolute atomic E-state index is 13.4. The number of nitrogens with one attached hydrogen (secondary N) is 1. The summed E-state index contributed by atoms with van der Waals surface area (Å²) in [4.78, 5) is 11.9. The third kappa shape index (κ3) is 3.89. The fourth-order valence-corrected chi connectivity index (χ4v) is 2.05. The number of hydrogen-bond acceptors (Lipinski definition) is 3. The summed E-state index contributed by atoms with van der Waals surface area (Å²) < 4.78 is 40.8. The number of aromatic nitrogens is 2. The van der Waals surface area contributed by atoms with Gasteiger partial charge in [0.2, 0.25) is 0 Å². The molecule has 0 radical (unpaired) electrons. The van der Waals surface area contributed by atoms with Crippen LogP contribution >= 0.6 is 0 Å². The monoisotopic (exact) mass is 327 g/mol. The van der Waals surface area contributed by atoms with E-state index in [2.05, 4.69) is 10.4 Å². The van der Waals surface area contributed by atoms with Crippen molar-refractivity contribution in [1.29, 1.82) is 0 Å². The van der Waals surface area contributed by atoms with Crippen LogP contribution in [0.4, 0.5) is 13.2 Å². The van der Waals surface area contributed by atoms with Crippen molar-refractivity contribution in [1.82, 2.24) is 15.1 Å². The molecule has 0 atom stereocenters. The highest BCUT2D eigenvalue weighted by atomic mass is 19.4. The van der Waals surface area contributed by atoms with Crippen LogP contribution in [0.25, 0.3) is 5.69 Å². The molecule has 0 unspecified atom stereocenters. The first kappa shape index (κ1) is 17.0. The molecule has 1 amide bonds. The molecule has 0 aliphatic carbocycles. The third-order valence-electron chi connectivity index (χ3n) is 3.18. The Morgan fingerprint density at radius 1 is 1.30 bits per heavy atom. The molecular weight excluding hydrogens is 311 g/mol. The number of rotatable bonds is 5. The van der Waals surface area contributed by atoms with E-state index >= 15 is 0 Å². The summed E-state index contributed by atoms with van der Waals surface area (Å²) in [6, 6.07) is 6.34. The standard InChI is InChI=1S/C15H16F3N3O2/c1-10-3-5-11(6-4-10)21-13(15(16,17)18)12(9-20-21)14(23)19-7-2-8-22/h3-6,9,22H,2,7-8H2,1H3,(H,19,23). The molecule has 2 N–H and O–H groups in total. The van der Waals surface area contributed by atoms with Gasteiger partial charge in [0.15, 0.2) is 5.69 Å². The van der Waals surface area contributed by atoms with Crippen LogP contribution in [-0.2, 0) is 6.18 Å². The van der Waals surface area contributed by atoms with Crippen molar-refractivity contribution in [3.63, 3.8) is 0 Å². The average molecular weight is 327 g/mol. The number of carbonyl (C=O) groups is 1. The summed E-state index contributed by atoms with van der Waals surface area (Å²) in [6.45, 7) is 1.74. The lowest BCUT2D eigenvalue weighted by atomic mass is 10.2. The third-order valence-corrected chi connectivity index (χ3v) is 3.18. The lowest BCUT2D eigenvalue weighted by Gasteiger charge is -2.13. The first-order valence-electron chi connectivity index (χ1n) is 6.96. The van der Waals surface area contributed by atoms with Crippen LogP contribution in [-0.4, -0.2) is 33.9 Å². The van der Waals surface area contributed by atoms with E-state index in [0.717, 1.165) is 11.8 Å². The highest BCUT2D eigenvalue weighted by Crippen LogP contribution is 2.33. The minimum Gasteiger partial charge on any atom is -0.396 e. The first-order chi connectivity index (χ1) is 10.8. The van der Waals surface area contributed by atoms with Gasteiger partial charge in [-0.15, -0.1) is 0 Å². The number of benzene rings is 1. The van der Waals surface area contributed by atoms with E-state index in [9.17, 15) is 18.0 Å². The van der Waals surface area contributed by atoms with Crippen LogP contribution in [0.1, 0.15) is 28.0 Å². The number of aryl methyl sites for hydroxylation is 1.